The molecule has 0 aromatic heterocycles. The van der Waals surface area contributed by atoms with Crippen LogP contribution >= 0.6 is 22.6 Å². The Morgan fingerprint density at radius 3 is 2.33 bits per heavy atom. The fourth-order valence-electron chi connectivity index (χ4n) is 1.08. The van der Waals surface area contributed by atoms with Crippen LogP contribution in [-0.4, -0.2) is 6.98 Å². The molecule has 0 fully saturated rings. The van der Waals surface area contributed by atoms with E-state index in [0.717, 1.165) is 12.1 Å². The molecular formula is C9H6BF3IK. The Bertz CT molecular complexity index is 384. The fraction of sp³-hybridized carbons (Fsp3) is 0.111. The Kier molecular flexibility index (Phi) is 7.11. The molecule has 0 amide bonds. The van der Waals surface area contributed by atoms with Gasteiger partial charge < -0.3 is 12.9 Å². The molecule has 0 atom stereocenters. The van der Waals surface area contributed by atoms with Gasteiger partial charge >= 0.3 is 58.4 Å². The molecule has 0 bridgehead atoms. The number of hydrogen-bond acceptors (Lipinski definition) is 0. The molecule has 15 heavy (non-hydrogen) atoms. The van der Waals surface area contributed by atoms with E-state index in [-0.39, 0.29) is 57.8 Å². The molecule has 0 N–H and O–H groups in total. The smallest absolute Gasteiger partial charge is 0.445 e. The predicted octanol–water partition coefficient (Wildman–Crippen LogP) is -0.475. The van der Waals surface area contributed by atoms with Gasteiger partial charge in [0, 0.05) is 9.99 Å². The van der Waals surface area contributed by atoms with Gasteiger partial charge in [-0.1, -0.05) is 12.1 Å². The van der Waals surface area contributed by atoms with Crippen LogP contribution in [0.25, 0.3) is 0 Å². The summed E-state index contributed by atoms with van der Waals surface area (Å²) in [5.41, 5.74) is -0.0456. The van der Waals surface area contributed by atoms with E-state index in [1.807, 2.05) is 22.6 Å². The molecule has 0 saturated carbocycles. The van der Waals surface area contributed by atoms with Gasteiger partial charge in [-0.3, -0.25) is 0 Å². The molecule has 0 aliphatic rings. The number of halogens is 4. The minimum Gasteiger partial charge on any atom is -0.445 e. The standard InChI is InChI=1S/C9H6BF3I.K/c1-2-3-7-4-8(10(11,12)13)6-9(14)5-7;/h1,4-6H,3H2;/q-1;+1. The molecule has 0 radical (unpaired) electrons. The number of benzene rings is 1. The molecule has 0 nitrogen and oxygen atoms in total. The normalized spacial score (nSPS) is 10.3. The van der Waals surface area contributed by atoms with Crippen molar-refractivity contribution in [3.63, 3.8) is 0 Å². The van der Waals surface area contributed by atoms with Gasteiger partial charge in [0.05, 0.1) is 0 Å². The van der Waals surface area contributed by atoms with Gasteiger partial charge in [-0.05, 0) is 34.2 Å². The van der Waals surface area contributed by atoms with Crippen LogP contribution in [0.3, 0.4) is 0 Å². The van der Waals surface area contributed by atoms with Crippen molar-refractivity contribution >= 4 is 35.0 Å². The third kappa shape index (κ3) is 5.24. The van der Waals surface area contributed by atoms with Crippen molar-refractivity contribution in [3.8, 4) is 12.3 Å². The first kappa shape index (κ1) is 16.0. The largest absolute Gasteiger partial charge is 1.00 e. The Morgan fingerprint density at radius 2 is 1.87 bits per heavy atom. The van der Waals surface area contributed by atoms with Gasteiger partial charge in [-0.15, -0.1) is 17.8 Å². The summed E-state index contributed by atoms with van der Waals surface area (Å²) >= 11 is 1.85. The summed E-state index contributed by atoms with van der Waals surface area (Å²) in [6.45, 7) is -4.93. The molecule has 74 valence electrons. The summed E-state index contributed by atoms with van der Waals surface area (Å²) in [5, 5.41) is 0. The van der Waals surface area contributed by atoms with Crippen LogP contribution in [0.5, 0.6) is 0 Å². The first-order valence-electron chi connectivity index (χ1n) is 3.86. The van der Waals surface area contributed by atoms with Crippen molar-refractivity contribution in [2.45, 2.75) is 6.42 Å². The van der Waals surface area contributed by atoms with Crippen molar-refractivity contribution in [1.82, 2.24) is 0 Å². The minimum atomic E-state index is -4.93. The summed E-state index contributed by atoms with van der Waals surface area (Å²) in [6.07, 6.45) is 5.27. The molecular weight excluding hydrogens is 342 g/mol. The van der Waals surface area contributed by atoms with E-state index in [1.54, 1.807) is 6.07 Å². The number of rotatable bonds is 2. The van der Waals surface area contributed by atoms with Gasteiger partial charge in [0.2, 0.25) is 0 Å². The average Bonchev–Trinajstić information content (AvgIpc) is 2.02. The first-order valence-corrected chi connectivity index (χ1v) is 4.94. The summed E-state index contributed by atoms with van der Waals surface area (Å²) < 4.78 is 37.7. The zero-order chi connectivity index (χ0) is 10.8. The van der Waals surface area contributed by atoms with Gasteiger partial charge in [0.1, 0.15) is 0 Å². The van der Waals surface area contributed by atoms with E-state index >= 15 is 0 Å². The zero-order valence-corrected chi connectivity index (χ0v) is 13.4. The minimum absolute atomic E-state index is 0. The fourth-order valence-corrected chi connectivity index (χ4v) is 1.84. The summed E-state index contributed by atoms with van der Waals surface area (Å²) in [7, 11) is 0. The van der Waals surface area contributed by atoms with Crippen LogP contribution in [0.4, 0.5) is 12.9 Å². The van der Waals surface area contributed by atoms with Crippen LogP contribution in [0.15, 0.2) is 18.2 Å². The number of terminal acetylenes is 1. The maximum atomic E-state index is 12.4. The van der Waals surface area contributed by atoms with Crippen molar-refractivity contribution in [1.29, 1.82) is 0 Å². The quantitative estimate of drug-likeness (QED) is 0.385. The van der Waals surface area contributed by atoms with E-state index in [2.05, 4.69) is 5.92 Å². The summed E-state index contributed by atoms with van der Waals surface area (Å²) in [6, 6.07) is 3.90. The number of hydrogen-bond donors (Lipinski definition) is 0. The van der Waals surface area contributed by atoms with E-state index in [1.165, 1.54) is 0 Å². The second kappa shape index (κ2) is 6.67. The SMILES string of the molecule is C#CCc1cc(I)cc([B-](F)(F)F)c1.[K+]. The monoisotopic (exact) mass is 348 g/mol. The molecule has 0 heterocycles. The van der Waals surface area contributed by atoms with Crippen molar-refractivity contribution in [2.75, 3.05) is 0 Å². The van der Waals surface area contributed by atoms with Crippen LogP contribution in [-0.2, 0) is 6.42 Å². The van der Waals surface area contributed by atoms with Gasteiger partial charge in [-0.25, -0.2) is 0 Å². The molecule has 0 unspecified atom stereocenters. The van der Waals surface area contributed by atoms with Crippen molar-refractivity contribution in [2.24, 2.45) is 0 Å². The van der Waals surface area contributed by atoms with E-state index in [9.17, 15) is 12.9 Å². The molecule has 0 aliphatic heterocycles. The topological polar surface area (TPSA) is 0 Å². The third-order valence-corrected chi connectivity index (χ3v) is 2.29. The second-order valence-electron chi connectivity index (χ2n) is 2.85. The van der Waals surface area contributed by atoms with Gasteiger partial charge in [0.25, 0.3) is 0 Å². The second-order valence-corrected chi connectivity index (χ2v) is 4.09. The molecule has 0 saturated heterocycles. The molecule has 0 aliphatic carbocycles. The van der Waals surface area contributed by atoms with Crippen molar-refractivity contribution in [3.05, 3.63) is 27.3 Å². The summed E-state index contributed by atoms with van der Waals surface area (Å²) in [5.74, 6) is 2.33. The molecule has 1 aromatic rings. The van der Waals surface area contributed by atoms with Crippen LogP contribution in [0.2, 0.25) is 0 Å². The van der Waals surface area contributed by atoms with E-state index in [0.29, 0.717) is 9.13 Å². The van der Waals surface area contributed by atoms with E-state index in [4.69, 9.17) is 6.42 Å². The Labute approximate surface area is 143 Å². The molecule has 6 heteroatoms. The maximum Gasteiger partial charge on any atom is 1.00 e. The summed E-state index contributed by atoms with van der Waals surface area (Å²) in [4.78, 5) is 0. The predicted molar refractivity (Wildman–Crippen MR) is 60.4 cm³/mol. The molecule has 0 spiro atoms. The van der Waals surface area contributed by atoms with Gasteiger partial charge in [0.15, 0.2) is 0 Å². The first-order chi connectivity index (χ1) is 6.43. The van der Waals surface area contributed by atoms with Crippen LogP contribution < -0.4 is 56.8 Å². The van der Waals surface area contributed by atoms with Crippen LogP contribution in [0.1, 0.15) is 5.56 Å². The Morgan fingerprint density at radius 1 is 1.27 bits per heavy atom. The van der Waals surface area contributed by atoms with Crippen LogP contribution in [0, 0.1) is 15.9 Å². The zero-order valence-electron chi connectivity index (χ0n) is 8.11. The van der Waals surface area contributed by atoms with Gasteiger partial charge in [-0.2, -0.15) is 0 Å². The molecule has 1 rings (SSSR count). The van der Waals surface area contributed by atoms with E-state index < -0.39 is 12.4 Å². The Balaban J connectivity index is 0.00000196. The third-order valence-electron chi connectivity index (χ3n) is 1.66. The average molecular weight is 348 g/mol. The maximum absolute atomic E-state index is 12.4. The molecule has 1 aromatic carbocycles. The Hall–Kier alpha value is 1.00. The van der Waals surface area contributed by atoms with Crippen molar-refractivity contribution < 1.29 is 64.3 Å².